The van der Waals surface area contributed by atoms with Gasteiger partial charge in [0.15, 0.2) is 6.10 Å². The van der Waals surface area contributed by atoms with Gasteiger partial charge in [-0.2, -0.15) is 0 Å². The number of hydrogen-bond acceptors (Lipinski definition) is 8. The third-order valence-electron chi connectivity index (χ3n) is 11.4. The third kappa shape index (κ3) is 8.77. The van der Waals surface area contributed by atoms with Crippen LogP contribution in [0.1, 0.15) is 67.2 Å². The lowest BCUT2D eigenvalue weighted by Crippen LogP contribution is -2.53. The minimum atomic E-state index is -1.00. The fraction of sp³-hybridized carbons (Fsp3) is 0.590. The summed E-state index contributed by atoms with van der Waals surface area (Å²) in [5.41, 5.74) is 4.21. The largest absolute Gasteiger partial charge is 0.507 e. The maximum atomic E-state index is 14.1. The molecule has 12 heteroatoms. The van der Waals surface area contributed by atoms with Gasteiger partial charge in [-0.25, -0.2) is 9.59 Å². The van der Waals surface area contributed by atoms with E-state index >= 15 is 0 Å². The normalized spacial score (nSPS) is 20.3. The van der Waals surface area contributed by atoms with Crippen molar-refractivity contribution in [1.29, 1.82) is 0 Å². The number of rotatable bonds is 8. The van der Waals surface area contributed by atoms with E-state index in [1.54, 1.807) is 4.90 Å². The Labute approximate surface area is 301 Å². The Balaban J connectivity index is 1.06. The number of ether oxygens (including phenoxy) is 2. The zero-order chi connectivity index (χ0) is 36.1. The van der Waals surface area contributed by atoms with Gasteiger partial charge >= 0.3 is 18.1 Å². The molecule has 0 spiro atoms. The van der Waals surface area contributed by atoms with Gasteiger partial charge in [-0.05, 0) is 106 Å². The number of para-hydroxylation sites is 1. The number of anilines is 1. The van der Waals surface area contributed by atoms with Gasteiger partial charge < -0.3 is 39.5 Å². The average molecular weight is 704 g/mol. The van der Waals surface area contributed by atoms with Crippen molar-refractivity contribution in [1.82, 2.24) is 19.6 Å². The standard InChI is InChI=1S/C39H53N5O7/c1-26-22-29(23-27(2)36(26)46)24-34(37(47)42-17-11-31(12-18-42)41-15-8-28(9-16-41)25-35(45)50-3)51-39(49)43-19-13-32(14-20-43)44-21-10-30-6-4-5-7-33(30)40-38(44)48/h4-7,22-23,28,31-32,34,46H,8-21,24-25H2,1-3H3,(H,40,48)/t34-/m1/s1. The predicted octanol–water partition coefficient (Wildman–Crippen LogP) is 4.88. The molecule has 4 heterocycles. The van der Waals surface area contributed by atoms with E-state index in [0.717, 1.165) is 62.0 Å². The third-order valence-corrected chi connectivity index (χ3v) is 11.4. The second kappa shape index (κ2) is 16.4. The van der Waals surface area contributed by atoms with Crippen molar-refractivity contribution in [3.63, 3.8) is 0 Å². The van der Waals surface area contributed by atoms with E-state index in [0.29, 0.717) is 75.1 Å². The summed E-state index contributed by atoms with van der Waals surface area (Å²) in [6, 6.07) is 11.8. The molecule has 3 fully saturated rings. The molecular weight excluding hydrogens is 650 g/mol. The number of nitrogens with zero attached hydrogens (tertiary/aromatic N) is 4. The van der Waals surface area contributed by atoms with E-state index in [1.165, 1.54) is 7.11 Å². The number of esters is 1. The van der Waals surface area contributed by atoms with Gasteiger partial charge in [0.05, 0.1) is 7.11 Å². The Morgan fingerprint density at radius 1 is 0.863 bits per heavy atom. The smallest absolute Gasteiger partial charge is 0.410 e. The minimum absolute atomic E-state index is 0.00340. The van der Waals surface area contributed by atoms with Crippen molar-refractivity contribution in [3.05, 3.63) is 58.7 Å². The minimum Gasteiger partial charge on any atom is -0.507 e. The molecule has 0 radical (unpaired) electrons. The van der Waals surface area contributed by atoms with Crippen molar-refractivity contribution in [2.75, 3.05) is 58.2 Å². The average Bonchev–Trinajstić information content (AvgIpc) is 3.31. The topological polar surface area (TPSA) is 132 Å². The van der Waals surface area contributed by atoms with Crippen LogP contribution >= 0.6 is 0 Å². The molecule has 276 valence electrons. The second-order valence-electron chi connectivity index (χ2n) is 14.7. The van der Waals surface area contributed by atoms with Crippen LogP contribution in [0, 0.1) is 19.8 Å². The number of hydrogen-bond donors (Lipinski definition) is 2. The zero-order valence-corrected chi connectivity index (χ0v) is 30.3. The van der Waals surface area contributed by atoms with Crippen LogP contribution in [0.15, 0.2) is 36.4 Å². The molecule has 2 N–H and O–H groups in total. The van der Waals surface area contributed by atoms with E-state index in [-0.39, 0.29) is 36.1 Å². The van der Waals surface area contributed by atoms with Gasteiger partial charge in [0.2, 0.25) is 0 Å². The van der Waals surface area contributed by atoms with Crippen LogP contribution in [-0.2, 0) is 31.9 Å². The Hall–Kier alpha value is -4.32. The molecule has 0 aromatic heterocycles. The number of aryl methyl sites for hydroxylation is 2. The fourth-order valence-corrected chi connectivity index (χ4v) is 8.35. The fourth-order valence-electron chi connectivity index (χ4n) is 8.35. The van der Waals surface area contributed by atoms with Crippen molar-refractivity contribution >= 4 is 29.7 Å². The van der Waals surface area contributed by atoms with Crippen molar-refractivity contribution < 1.29 is 33.8 Å². The summed E-state index contributed by atoms with van der Waals surface area (Å²) in [4.78, 5) is 60.5. The maximum absolute atomic E-state index is 14.1. The van der Waals surface area contributed by atoms with Gasteiger partial charge in [0, 0.05) is 63.3 Å². The number of aromatic hydroxyl groups is 1. The summed E-state index contributed by atoms with van der Waals surface area (Å²) < 4.78 is 10.9. The first-order valence-electron chi connectivity index (χ1n) is 18.6. The van der Waals surface area contributed by atoms with Gasteiger partial charge in [-0.15, -0.1) is 0 Å². The first-order valence-corrected chi connectivity index (χ1v) is 18.6. The number of fused-ring (bicyclic) bond motifs is 1. The molecule has 12 nitrogen and oxygen atoms in total. The number of phenolic OH excluding ortho intramolecular Hbond substituents is 1. The summed E-state index contributed by atoms with van der Waals surface area (Å²) in [6.07, 6.45) is 4.80. The van der Waals surface area contributed by atoms with Gasteiger partial charge in [0.25, 0.3) is 5.91 Å². The molecule has 1 atom stereocenters. The predicted molar refractivity (Wildman–Crippen MR) is 193 cm³/mol. The van der Waals surface area contributed by atoms with Crippen LogP contribution in [0.5, 0.6) is 5.75 Å². The quantitative estimate of drug-likeness (QED) is 0.372. The molecule has 4 aliphatic heterocycles. The summed E-state index contributed by atoms with van der Waals surface area (Å²) in [7, 11) is 1.44. The zero-order valence-electron chi connectivity index (χ0n) is 30.3. The lowest BCUT2D eigenvalue weighted by atomic mass is 9.91. The summed E-state index contributed by atoms with van der Waals surface area (Å²) in [6.45, 7) is 8.17. The molecule has 0 bridgehead atoms. The number of urea groups is 1. The summed E-state index contributed by atoms with van der Waals surface area (Å²) in [5.74, 6) is 0.235. The second-order valence-corrected chi connectivity index (χ2v) is 14.7. The Morgan fingerprint density at radius 3 is 2.16 bits per heavy atom. The first-order chi connectivity index (χ1) is 24.6. The van der Waals surface area contributed by atoms with E-state index in [9.17, 15) is 24.3 Å². The van der Waals surface area contributed by atoms with Crippen LogP contribution in [0.3, 0.4) is 0 Å². The van der Waals surface area contributed by atoms with Crippen LogP contribution in [-0.4, -0.2) is 120 Å². The number of amides is 4. The highest BCUT2D eigenvalue weighted by Gasteiger charge is 2.37. The number of carbonyl (C=O) groups excluding carboxylic acids is 4. The number of piperidine rings is 3. The molecule has 2 aromatic rings. The lowest BCUT2D eigenvalue weighted by Gasteiger charge is -2.42. The highest BCUT2D eigenvalue weighted by Crippen LogP contribution is 2.29. The van der Waals surface area contributed by atoms with E-state index < -0.39 is 12.2 Å². The molecule has 0 aliphatic carbocycles. The van der Waals surface area contributed by atoms with Gasteiger partial charge in [-0.1, -0.05) is 30.3 Å². The molecular formula is C39H53N5O7. The number of phenols is 1. The lowest BCUT2D eigenvalue weighted by molar-refractivity contribution is -0.142. The van der Waals surface area contributed by atoms with Crippen molar-refractivity contribution in [3.8, 4) is 5.75 Å². The van der Waals surface area contributed by atoms with E-state index in [2.05, 4.69) is 10.2 Å². The molecule has 0 saturated carbocycles. The van der Waals surface area contributed by atoms with Crippen LogP contribution < -0.4 is 5.32 Å². The maximum Gasteiger partial charge on any atom is 0.410 e. The summed E-state index contributed by atoms with van der Waals surface area (Å²) in [5, 5.41) is 13.4. The Bertz CT molecular complexity index is 1550. The summed E-state index contributed by atoms with van der Waals surface area (Å²) >= 11 is 0. The Morgan fingerprint density at radius 2 is 1.49 bits per heavy atom. The monoisotopic (exact) mass is 703 g/mol. The first kappa shape index (κ1) is 36.5. The van der Waals surface area contributed by atoms with E-state index in [1.807, 2.05) is 60.0 Å². The van der Waals surface area contributed by atoms with E-state index in [4.69, 9.17) is 9.47 Å². The van der Waals surface area contributed by atoms with Gasteiger partial charge in [-0.3, -0.25) is 9.59 Å². The number of likely N-dealkylation sites (tertiary alicyclic amines) is 3. The molecule has 2 aromatic carbocycles. The molecule has 51 heavy (non-hydrogen) atoms. The highest BCUT2D eigenvalue weighted by molar-refractivity contribution is 5.91. The van der Waals surface area contributed by atoms with Gasteiger partial charge in [0.1, 0.15) is 5.75 Å². The number of benzene rings is 2. The highest BCUT2D eigenvalue weighted by atomic mass is 16.6. The molecule has 3 saturated heterocycles. The van der Waals surface area contributed by atoms with Crippen LogP contribution in [0.25, 0.3) is 0 Å². The number of nitrogens with one attached hydrogen (secondary N) is 1. The van der Waals surface area contributed by atoms with Crippen LogP contribution in [0.2, 0.25) is 0 Å². The van der Waals surface area contributed by atoms with Crippen molar-refractivity contribution in [2.45, 2.75) is 89.8 Å². The van der Waals surface area contributed by atoms with Crippen molar-refractivity contribution in [2.24, 2.45) is 5.92 Å². The van der Waals surface area contributed by atoms with Crippen LogP contribution in [0.4, 0.5) is 15.3 Å². The molecule has 4 aliphatic rings. The molecule has 0 unspecified atom stereocenters. The SMILES string of the molecule is COC(=O)CC1CCN(C2CCN(C(=O)[C@@H](Cc3cc(C)c(O)c(C)c3)OC(=O)N3CCC(N4CCc5ccccc5NC4=O)CC3)CC2)CC1. The Kier molecular flexibility index (Phi) is 11.7. The molecule has 4 amide bonds. The number of carbonyl (C=O) groups is 4. The molecule has 6 rings (SSSR count). The number of methoxy groups -OCH3 is 1.